The molecule has 0 aliphatic carbocycles. The lowest BCUT2D eigenvalue weighted by Crippen LogP contribution is -2.48. The summed E-state index contributed by atoms with van der Waals surface area (Å²) in [5.74, 6) is 0.993. The molecule has 1 amide bonds. The topological polar surface area (TPSA) is 130 Å². The Morgan fingerprint density at radius 2 is 1.77 bits per heavy atom. The van der Waals surface area contributed by atoms with E-state index in [0.29, 0.717) is 60.8 Å². The van der Waals surface area contributed by atoms with Crippen LogP contribution in [-0.4, -0.2) is 61.4 Å². The number of aromatic nitrogens is 4. The molecule has 4 aromatic rings. The molecule has 0 saturated carbocycles. The van der Waals surface area contributed by atoms with Crippen molar-refractivity contribution in [2.75, 3.05) is 31.9 Å². The van der Waals surface area contributed by atoms with Crippen LogP contribution in [0.2, 0.25) is 0 Å². The van der Waals surface area contributed by atoms with Crippen molar-refractivity contribution in [3.63, 3.8) is 0 Å². The van der Waals surface area contributed by atoms with Gasteiger partial charge in [0.25, 0.3) is 11.5 Å². The molecular weight excluding hydrogens is 446 g/mol. The van der Waals surface area contributed by atoms with E-state index in [1.165, 1.54) is 4.57 Å². The molecule has 0 spiro atoms. The largest absolute Gasteiger partial charge is 0.383 e. The van der Waals surface area contributed by atoms with E-state index < -0.39 is 5.69 Å². The van der Waals surface area contributed by atoms with Crippen LogP contribution < -0.4 is 17.0 Å². The molecule has 1 aliphatic heterocycles. The van der Waals surface area contributed by atoms with E-state index in [2.05, 4.69) is 19.9 Å². The fourth-order valence-corrected chi connectivity index (χ4v) is 4.55. The Kier molecular flexibility index (Phi) is 5.81. The fourth-order valence-electron chi connectivity index (χ4n) is 4.55. The average Bonchev–Trinajstić information content (AvgIpc) is 2.83. The predicted molar refractivity (Wildman–Crippen MR) is 134 cm³/mol. The maximum atomic E-state index is 13.1. The lowest BCUT2D eigenvalue weighted by Gasteiger charge is -2.34. The lowest BCUT2D eigenvalue weighted by molar-refractivity contribution is 0.0626. The molecule has 3 heterocycles. The van der Waals surface area contributed by atoms with Crippen LogP contribution in [0.1, 0.15) is 36.1 Å². The molecule has 180 valence electrons. The van der Waals surface area contributed by atoms with Crippen LogP contribution in [0, 0.1) is 0 Å². The zero-order valence-corrected chi connectivity index (χ0v) is 19.7. The number of fused-ring (bicyclic) bond motifs is 2. The predicted octanol–water partition coefficient (Wildman–Crippen LogP) is 1.75. The highest BCUT2D eigenvalue weighted by atomic mass is 16.2. The van der Waals surface area contributed by atoms with Gasteiger partial charge in [-0.3, -0.25) is 19.1 Å². The van der Waals surface area contributed by atoms with Crippen molar-refractivity contribution in [2.24, 2.45) is 0 Å². The van der Waals surface area contributed by atoms with Crippen LogP contribution in [0.4, 0.5) is 5.82 Å². The zero-order chi connectivity index (χ0) is 24.7. The summed E-state index contributed by atoms with van der Waals surface area (Å²) in [4.78, 5) is 53.9. The van der Waals surface area contributed by atoms with E-state index in [-0.39, 0.29) is 17.5 Å². The number of hydrogen-bond donors (Lipinski definition) is 2. The molecular formula is C25H27N7O3. The zero-order valence-electron chi connectivity index (χ0n) is 19.7. The van der Waals surface area contributed by atoms with Gasteiger partial charge in [0.15, 0.2) is 0 Å². The first-order chi connectivity index (χ1) is 16.8. The Morgan fingerprint density at radius 3 is 2.51 bits per heavy atom. The van der Waals surface area contributed by atoms with E-state index in [0.717, 1.165) is 10.9 Å². The van der Waals surface area contributed by atoms with Crippen molar-refractivity contribution >= 4 is 33.5 Å². The molecule has 2 aromatic heterocycles. The molecule has 1 saturated heterocycles. The number of rotatable bonds is 4. The number of piperazine rings is 1. The number of para-hydroxylation sites is 1. The fraction of sp³-hybridized carbons (Fsp3) is 0.320. The second-order valence-corrected chi connectivity index (χ2v) is 9.07. The maximum absolute atomic E-state index is 13.1. The highest BCUT2D eigenvalue weighted by Crippen LogP contribution is 2.19. The minimum Gasteiger partial charge on any atom is -0.383 e. The van der Waals surface area contributed by atoms with E-state index in [1.807, 2.05) is 24.3 Å². The number of H-pyrrole nitrogens is 1. The summed E-state index contributed by atoms with van der Waals surface area (Å²) in [5, 5.41) is 1.22. The van der Waals surface area contributed by atoms with Gasteiger partial charge in [0.2, 0.25) is 0 Å². The first kappa shape index (κ1) is 22.7. The Bertz CT molecular complexity index is 1550. The molecule has 0 atom stereocenters. The van der Waals surface area contributed by atoms with Gasteiger partial charge in [-0.1, -0.05) is 12.1 Å². The van der Waals surface area contributed by atoms with Gasteiger partial charge in [0.1, 0.15) is 11.6 Å². The molecule has 1 aliphatic rings. The molecule has 10 heteroatoms. The number of nitrogens with zero attached hydrogens (tertiary/aromatic N) is 5. The van der Waals surface area contributed by atoms with Crippen molar-refractivity contribution in [3.8, 4) is 0 Å². The SMILES string of the molecule is CC(C)n1c(=O)[nH]c2cc(C(=O)N3CCN(Cc4nc(N)c5ccccc5n4)CC3)ccc2c1=O. The van der Waals surface area contributed by atoms with Gasteiger partial charge in [0, 0.05) is 43.2 Å². The summed E-state index contributed by atoms with van der Waals surface area (Å²) in [6.45, 7) is 6.55. The molecule has 1 fully saturated rings. The van der Waals surface area contributed by atoms with Crippen LogP contribution in [0.15, 0.2) is 52.1 Å². The summed E-state index contributed by atoms with van der Waals surface area (Å²) < 4.78 is 1.18. The smallest absolute Gasteiger partial charge is 0.329 e. The van der Waals surface area contributed by atoms with Crippen LogP contribution in [0.25, 0.3) is 21.8 Å². The molecule has 3 N–H and O–H groups in total. The van der Waals surface area contributed by atoms with Gasteiger partial charge in [-0.15, -0.1) is 0 Å². The molecule has 5 rings (SSSR count). The summed E-state index contributed by atoms with van der Waals surface area (Å²) in [6.07, 6.45) is 0. The van der Waals surface area contributed by atoms with Gasteiger partial charge < -0.3 is 15.6 Å². The van der Waals surface area contributed by atoms with Crippen LogP contribution in [0.5, 0.6) is 0 Å². The normalized spacial score (nSPS) is 14.8. The van der Waals surface area contributed by atoms with Gasteiger partial charge in [-0.2, -0.15) is 0 Å². The standard InChI is InChI=1S/C25H27N7O3/c1-15(2)32-24(34)18-8-7-16(13-20(18)28-25(32)35)23(33)31-11-9-30(10-12-31)14-21-27-19-6-4-3-5-17(19)22(26)29-21/h3-8,13,15H,9-12,14H2,1-2H3,(H,28,35)(H2,26,27,29). The second kappa shape index (κ2) is 8.95. The number of nitrogens with two attached hydrogens (primary N) is 1. The van der Waals surface area contributed by atoms with Gasteiger partial charge in [-0.25, -0.2) is 14.8 Å². The van der Waals surface area contributed by atoms with Crippen molar-refractivity contribution in [1.29, 1.82) is 0 Å². The Morgan fingerprint density at radius 1 is 1.03 bits per heavy atom. The van der Waals surface area contributed by atoms with Crippen molar-refractivity contribution in [3.05, 3.63) is 74.7 Å². The summed E-state index contributed by atoms with van der Waals surface area (Å²) in [6, 6.07) is 12.2. The second-order valence-electron chi connectivity index (χ2n) is 9.07. The Balaban J connectivity index is 1.29. The van der Waals surface area contributed by atoms with Crippen LogP contribution in [0.3, 0.4) is 0 Å². The molecule has 35 heavy (non-hydrogen) atoms. The monoisotopic (exact) mass is 473 g/mol. The van der Waals surface area contributed by atoms with Gasteiger partial charge >= 0.3 is 5.69 Å². The molecule has 10 nitrogen and oxygen atoms in total. The number of anilines is 1. The minimum atomic E-state index is -0.479. The third kappa shape index (κ3) is 4.28. The van der Waals surface area contributed by atoms with E-state index >= 15 is 0 Å². The number of benzene rings is 2. The first-order valence-corrected chi connectivity index (χ1v) is 11.6. The van der Waals surface area contributed by atoms with Crippen LogP contribution >= 0.6 is 0 Å². The molecule has 0 unspecified atom stereocenters. The Hall–Kier alpha value is -4.05. The number of nitrogens with one attached hydrogen (secondary N) is 1. The van der Waals surface area contributed by atoms with Crippen LogP contribution in [-0.2, 0) is 6.54 Å². The van der Waals surface area contributed by atoms with Crippen molar-refractivity contribution in [1.82, 2.24) is 29.3 Å². The number of aromatic amines is 1. The summed E-state index contributed by atoms with van der Waals surface area (Å²) in [5.41, 5.74) is 6.89. The number of hydrogen-bond acceptors (Lipinski definition) is 7. The highest BCUT2D eigenvalue weighted by Gasteiger charge is 2.23. The molecule has 0 bridgehead atoms. The van der Waals surface area contributed by atoms with Gasteiger partial charge in [0.05, 0.1) is 23.0 Å². The number of amides is 1. The van der Waals surface area contributed by atoms with Gasteiger partial charge in [-0.05, 0) is 44.2 Å². The molecule has 2 aromatic carbocycles. The number of carbonyl (C=O) groups excluding carboxylic acids is 1. The third-order valence-electron chi connectivity index (χ3n) is 6.40. The van der Waals surface area contributed by atoms with E-state index in [9.17, 15) is 14.4 Å². The van der Waals surface area contributed by atoms with E-state index in [1.54, 1.807) is 36.9 Å². The quantitative estimate of drug-likeness (QED) is 0.462. The third-order valence-corrected chi connectivity index (χ3v) is 6.40. The van der Waals surface area contributed by atoms with E-state index in [4.69, 9.17) is 5.73 Å². The average molecular weight is 474 g/mol. The van der Waals surface area contributed by atoms with Crippen molar-refractivity contribution < 1.29 is 4.79 Å². The maximum Gasteiger partial charge on any atom is 0.329 e. The summed E-state index contributed by atoms with van der Waals surface area (Å²) >= 11 is 0. The lowest BCUT2D eigenvalue weighted by atomic mass is 10.1. The summed E-state index contributed by atoms with van der Waals surface area (Å²) in [7, 11) is 0. The molecule has 0 radical (unpaired) electrons. The number of carbonyl (C=O) groups is 1. The minimum absolute atomic E-state index is 0.133. The first-order valence-electron chi connectivity index (χ1n) is 11.6. The van der Waals surface area contributed by atoms with Crippen molar-refractivity contribution in [2.45, 2.75) is 26.4 Å². The Labute approximate surface area is 201 Å². The number of nitrogen functional groups attached to an aromatic ring is 1. The highest BCUT2D eigenvalue weighted by molar-refractivity contribution is 5.97.